The SMILES string of the molecule is COc1cccc(C(=O)N2CCc3nc(N4CCCC4)nc(C)c3CC2)c1. The van der Waals surface area contributed by atoms with E-state index >= 15 is 0 Å². The number of ether oxygens (including phenoxy) is 1. The number of benzene rings is 1. The van der Waals surface area contributed by atoms with Crippen molar-refractivity contribution in [2.45, 2.75) is 32.6 Å². The lowest BCUT2D eigenvalue weighted by atomic mass is 10.1. The number of carbonyl (C=O) groups excluding carboxylic acids is 1. The zero-order chi connectivity index (χ0) is 18.8. The Labute approximate surface area is 160 Å². The van der Waals surface area contributed by atoms with E-state index in [1.165, 1.54) is 18.4 Å². The molecule has 2 aliphatic heterocycles. The average molecular weight is 366 g/mol. The minimum Gasteiger partial charge on any atom is -0.497 e. The molecule has 1 aromatic carbocycles. The number of hydrogen-bond acceptors (Lipinski definition) is 5. The third-order valence-electron chi connectivity index (χ3n) is 5.53. The first-order chi connectivity index (χ1) is 13.2. The molecule has 0 N–H and O–H groups in total. The van der Waals surface area contributed by atoms with Crippen molar-refractivity contribution in [1.82, 2.24) is 14.9 Å². The predicted octanol–water partition coefficient (Wildman–Crippen LogP) is 2.63. The van der Waals surface area contributed by atoms with Gasteiger partial charge in [0.15, 0.2) is 0 Å². The standard InChI is InChI=1S/C21H26N4O2/c1-15-18-8-12-24(20(26)16-6-5-7-17(14-16)27-2)13-9-19(18)23-21(22-15)25-10-3-4-11-25/h5-7,14H,3-4,8-13H2,1-2H3. The molecule has 142 valence electrons. The number of hydrogen-bond donors (Lipinski definition) is 0. The van der Waals surface area contributed by atoms with Crippen molar-refractivity contribution < 1.29 is 9.53 Å². The third-order valence-corrected chi connectivity index (χ3v) is 5.53. The highest BCUT2D eigenvalue weighted by Gasteiger charge is 2.24. The molecule has 2 aliphatic rings. The van der Waals surface area contributed by atoms with Gasteiger partial charge in [-0.3, -0.25) is 4.79 Å². The first-order valence-corrected chi connectivity index (χ1v) is 9.70. The number of aromatic nitrogens is 2. The van der Waals surface area contributed by atoms with Gasteiger partial charge in [0.05, 0.1) is 12.8 Å². The zero-order valence-electron chi connectivity index (χ0n) is 16.1. The molecule has 0 atom stereocenters. The van der Waals surface area contributed by atoms with Crippen molar-refractivity contribution in [3.05, 3.63) is 46.8 Å². The van der Waals surface area contributed by atoms with Crippen LogP contribution in [0.4, 0.5) is 5.95 Å². The van der Waals surface area contributed by atoms with Crippen molar-refractivity contribution in [1.29, 1.82) is 0 Å². The maximum absolute atomic E-state index is 13.0. The Balaban J connectivity index is 1.54. The van der Waals surface area contributed by atoms with E-state index in [9.17, 15) is 4.79 Å². The van der Waals surface area contributed by atoms with Crippen LogP contribution < -0.4 is 9.64 Å². The van der Waals surface area contributed by atoms with Crippen LogP contribution in [0.2, 0.25) is 0 Å². The summed E-state index contributed by atoms with van der Waals surface area (Å²) in [7, 11) is 1.62. The second-order valence-corrected chi connectivity index (χ2v) is 7.25. The van der Waals surface area contributed by atoms with Crippen molar-refractivity contribution in [3.63, 3.8) is 0 Å². The first-order valence-electron chi connectivity index (χ1n) is 9.70. The van der Waals surface area contributed by atoms with Gasteiger partial charge >= 0.3 is 0 Å². The van der Waals surface area contributed by atoms with Crippen molar-refractivity contribution in [2.75, 3.05) is 38.2 Å². The number of anilines is 1. The van der Waals surface area contributed by atoms with E-state index in [4.69, 9.17) is 14.7 Å². The van der Waals surface area contributed by atoms with Crippen LogP contribution in [-0.2, 0) is 12.8 Å². The molecule has 6 nitrogen and oxygen atoms in total. The molecule has 27 heavy (non-hydrogen) atoms. The molecule has 2 aromatic rings. The van der Waals surface area contributed by atoms with Crippen LogP contribution in [0, 0.1) is 6.92 Å². The van der Waals surface area contributed by atoms with Gasteiger partial charge in [-0.05, 0) is 49.9 Å². The number of carbonyl (C=O) groups is 1. The topological polar surface area (TPSA) is 58.6 Å². The molecule has 1 amide bonds. The van der Waals surface area contributed by atoms with Crippen LogP contribution in [0.15, 0.2) is 24.3 Å². The van der Waals surface area contributed by atoms with E-state index in [0.29, 0.717) is 24.4 Å². The number of aryl methyl sites for hydroxylation is 1. The smallest absolute Gasteiger partial charge is 0.254 e. The molecule has 0 saturated carbocycles. The summed E-state index contributed by atoms with van der Waals surface area (Å²) < 4.78 is 5.25. The quantitative estimate of drug-likeness (QED) is 0.836. The van der Waals surface area contributed by atoms with E-state index in [1.54, 1.807) is 13.2 Å². The normalized spacial score (nSPS) is 16.8. The summed E-state index contributed by atoms with van der Waals surface area (Å²) >= 11 is 0. The van der Waals surface area contributed by atoms with E-state index in [-0.39, 0.29) is 5.91 Å². The van der Waals surface area contributed by atoms with E-state index in [2.05, 4.69) is 11.8 Å². The first kappa shape index (κ1) is 17.8. The molecule has 0 unspecified atom stereocenters. The van der Waals surface area contributed by atoms with E-state index in [1.807, 2.05) is 23.1 Å². The van der Waals surface area contributed by atoms with Gasteiger partial charge in [-0.25, -0.2) is 9.97 Å². The summed E-state index contributed by atoms with van der Waals surface area (Å²) in [6.45, 7) is 5.52. The fraction of sp³-hybridized carbons (Fsp3) is 0.476. The second-order valence-electron chi connectivity index (χ2n) is 7.25. The Morgan fingerprint density at radius 2 is 1.85 bits per heavy atom. The van der Waals surface area contributed by atoms with Gasteiger partial charge < -0.3 is 14.5 Å². The Morgan fingerprint density at radius 3 is 2.63 bits per heavy atom. The van der Waals surface area contributed by atoms with Crippen LogP contribution in [0.1, 0.15) is 40.2 Å². The summed E-state index contributed by atoms with van der Waals surface area (Å²) in [4.78, 5) is 26.8. The van der Waals surface area contributed by atoms with Crippen molar-refractivity contribution in [3.8, 4) is 5.75 Å². The van der Waals surface area contributed by atoms with Gasteiger partial charge in [-0.15, -0.1) is 0 Å². The molecule has 0 spiro atoms. The average Bonchev–Trinajstić information content (AvgIpc) is 3.15. The van der Waals surface area contributed by atoms with Gasteiger partial charge in [-0.2, -0.15) is 0 Å². The Kier molecular flexibility index (Phi) is 4.97. The molecular weight excluding hydrogens is 340 g/mol. The Bertz CT molecular complexity index is 846. The van der Waals surface area contributed by atoms with Gasteiger partial charge in [0.25, 0.3) is 5.91 Å². The van der Waals surface area contributed by atoms with Crippen LogP contribution in [0.25, 0.3) is 0 Å². The molecule has 1 saturated heterocycles. The van der Waals surface area contributed by atoms with Crippen LogP contribution in [0.5, 0.6) is 5.75 Å². The number of methoxy groups -OCH3 is 1. The number of nitrogens with zero attached hydrogens (tertiary/aromatic N) is 4. The van der Waals surface area contributed by atoms with Gasteiger partial charge in [0.1, 0.15) is 5.75 Å². The number of rotatable bonds is 3. The number of fused-ring (bicyclic) bond motifs is 1. The second kappa shape index (κ2) is 7.55. The molecule has 3 heterocycles. The summed E-state index contributed by atoms with van der Waals surface area (Å²) in [6.07, 6.45) is 4.00. The fourth-order valence-electron chi connectivity index (χ4n) is 3.97. The van der Waals surface area contributed by atoms with Gasteiger partial charge in [-0.1, -0.05) is 6.07 Å². The van der Waals surface area contributed by atoms with Crippen LogP contribution in [0.3, 0.4) is 0 Å². The lowest BCUT2D eigenvalue weighted by Gasteiger charge is -2.20. The summed E-state index contributed by atoms with van der Waals surface area (Å²) in [6, 6.07) is 7.36. The molecule has 4 rings (SSSR count). The molecule has 0 aliphatic carbocycles. The summed E-state index contributed by atoms with van der Waals surface area (Å²) in [5.74, 6) is 1.61. The van der Waals surface area contributed by atoms with Crippen molar-refractivity contribution in [2.24, 2.45) is 0 Å². The number of amides is 1. The third kappa shape index (κ3) is 3.61. The minimum atomic E-state index is 0.0482. The van der Waals surface area contributed by atoms with Gasteiger partial charge in [0, 0.05) is 43.9 Å². The maximum atomic E-state index is 13.0. The van der Waals surface area contributed by atoms with Crippen LogP contribution >= 0.6 is 0 Å². The van der Waals surface area contributed by atoms with E-state index in [0.717, 1.165) is 43.3 Å². The highest BCUT2D eigenvalue weighted by atomic mass is 16.5. The zero-order valence-corrected chi connectivity index (χ0v) is 16.1. The largest absolute Gasteiger partial charge is 0.497 e. The monoisotopic (exact) mass is 366 g/mol. The van der Waals surface area contributed by atoms with Crippen molar-refractivity contribution >= 4 is 11.9 Å². The Morgan fingerprint density at radius 1 is 1.07 bits per heavy atom. The molecule has 1 fully saturated rings. The molecule has 0 bridgehead atoms. The van der Waals surface area contributed by atoms with Crippen LogP contribution in [-0.4, -0.2) is 54.1 Å². The Hall–Kier alpha value is -2.63. The van der Waals surface area contributed by atoms with E-state index < -0.39 is 0 Å². The molecule has 6 heteroatoms. The highest BCUT2D eigenvalue weighted by Crippen LogP contribution is 2.23. The lowest BCUT2D eigenvalue weighted by Crippen LogP contribution is -2.33. The molecular formula is C21H26N4O2. The van der Waals surface area contributed by atoms with Gasteiger partial charge in [0.2, 0.25) is 5.95 Å². The minimum absolute atomic E-state index is 0.0482. The maximum Gasteiger partial charge on any atom is 0.254 e. The predicted molar refractivity (Wildman–Crippen MR) is 105 cm³/mol. The summed E-state index contributed by atoms with van der Waals surface area (Å²) in [5, 5.41) is 0. The molecule has 1 aromatic heterocycles. The lowest BCUT2D eigenvalue weighted by molar-refractivity contribution is 0.0762. The summed E-state index contributed by atoms with van der Waals surface area (Å²) in [5.41, 5.74) is 4.03. The fourth-order valence-corrected chi connectivity index (χ4v) is 3.97. The highest BCUT2D eigenvalue weighted by molar-refractivity contribution is 5.94. The molecule has 0 radical (unpaired) electrons.